The molecule has 1 aliphatic carbocycles. The minimum Gasteiger partial charge on any atom is -0.393 e. The van der Waals surface area contributed by atoms with E-state index in [4.69, 9.17) is 0 Å². The van der Waals surface area contributed by atoms with Gasteiger partial charge in [0.05, 0.1) is 12.2 Å². The van der Waals surface area contributed by atoms with Crippen molar-refractivity contribution >= 4 is 0 Å². The number of hydrogen-bond donors (Lipinski definition) is 2. The van der Waals surface area contributed by atoms with E-state index in [2.05, 4.69) is 20.8 Å². The first-order valence-corrected chi connectivity index (χ1v) is 4.77. The van der Waals surface area contributed by atoms with E-state index in [-0.39, 0.29) is 23.5 Å². The zero-order valence-electron chi connectivity index (χ0n) is 8.25. The lowest BCUT2D eigenvalue weighted by atomic mass is 9.70. The first kappa shape index (κ1) is 10.0. The Labute approximate surface area is 74.6 Å². The Hall–Kier alpha value is -0.0800. The van der Waals surface area contributed by atoms with Crippen LogP contribution in [-0.2, 0) is 0 Å². The molecule has 1 rings (SSSR count). The van der Waals surface area contributed by atoms with Gasteiger partial charge in [-0.25, -0.2) is 0 Å². The molecule has 2 nitrogen and oxygen atoms in total. The lowest BCUT2D eigenvalue weighted by molar-refractivity contribution is -0.0367. The summed E-state index contributed by atoms with van der Waals surface area (Å²) >= 11 is 0. The van der Waals surface area contributed by atoms with Gasteiger partial charge in [-0.1, -0.05) is 20.8 Å². The third-order valence-corrected chi connectivity index (χ3v) is 2.90. The fourth-order valence-corrected chi connectivity index (χ4v) is 2.06. The molecular weight excluding hydrogens is 152 g/mol. The van der Waals surface area contributed by atoms with Crippen LogP contribution in [0.15, 0.2) is 0 Å². The van der Waals surface area contributed by atoms with Crippen LogP contribution in [0.4, 0.5) is 0 Å². The predicted octanol–water partition coefficient (Wildman–Crippen LogP) is 1.55. The zero-order valence-corrected chi connectivity index (χ0v) is 8.25. The molecule has 0 spiro atoms. The summed E-state index contributed by atoms with van der Waals surface area (Å²) in [6, 6.07) is 0. The molecule has 0 aromatic heterocycles. The lowest BCUT2D eigenvalue weighted by Gasteiger charge is -2.39. The predicted molar refractivity (Wildman–Crippen MR) is 48.8 cm³/mol. The third-order valence-electron chi connectivity index (χ3n) is 2.90. The fourth-order valence-electron chi connectivity index (χ4n) is 2.06. The summed E-state index contributed by atoms with van der Waals surface area (Å²) in [6.45, 7) is 6.37. The van der Waals surface area contributed by atoms with Gasteiger partial charge >= 0.3 is 0 Å². The summed E-state index contributed by atoms with van der Waals surface area (Å²) in [6.07, 6.45) is 1.85. The summed E-state index contributed by atoms with van der Waals surface area (Å²) in [5.41, 5.74) is 0.112. The summed E-state index contributed by atoms with van der Waals surface area (Å²) in [5, 5.41) is 19.2. The van der Waals surface area contributed by atoms with E-state index in [0.717, 1.165) is 19.3 Å². The van der Waals surface area contributed by atoms with Gasteiger partial charge in [-0.3, -0.25) is 0 Å². The second-order valence-corrected chi connectivity index (χ2v) is 5.01. The van der Waals surface area contributed by atoms with Crippen molar-refractivity contribution in [3.8, 4) is 0 Å². The van der Waals surface area contributed by atoms with Crippen LogP contribution >= 0.6 is 0 Å². The highest BCUT2D eigenvalue weighted by Crippen LogP contribution is 2.37. The maximum atomic E-state index is 9.71. The number of rotatable bonds is 0. The first-order chi connectivity index (χ1) is 5.41. The zero-order chi connectivity index (χ0) is 9.35. The van der Waals surface area contributed by atoms with Gasteiger partial charge in [0.25, 0.3) is 0 Å². The van der Waals surface area contributed by atoms with E-state index >= 15 is 0 Å². The molecule has 0 saturated heterocycles. The van der Waals surface area contributed by atoms with Gasteiger partial charge in [-0.15, -0.1) is 0 Å². The standard InChI is InChI=1S/C10H20O2/c1-10(2,3)8-6-7(11)4-5-9(8)12/h7-9,11-12H,4-6H2,1-3H3/t7-,8-,9-/m1/s1. The minimum absolute atomic E-state index is 0.112. The minimum atomic E-state index is -0.214. The van der Waals surface area contributed by atoms with E-state index in [1.54, 1.807) is 0 Å². The molecular formula is C10H20O2. The highest BCUT2D eigenvalue weighted by atomic mass is 16.3. The normalized spacial score (nSPS) is 38.2. The van der Waals surface area contributed by atoms with Gasteiger partial charge in [0.15, 0.2) is 0 Å². The van der Waals surface area contributed by atoms with E-state index in [1.165, 1.54) is 0 Å². The van der Waals surface area contributed by atoms with Gasteiger partial charge in [-0.05, 0) is 30.6 Å². The van der Waals surface area contributed by atoms with Crippen LogP contribution in [0.2, 0.25) is 0 Å². The van der Waals surface area contributed by atoms with Crippen molar-refractivity contribution in [1.82, 2.24) is 0 Å². The largest absolute Gasteiger partial charge is 0.393 e. The van der Waals surface area contributed by atoms with Crippen LogP contribution in [0.5, 0.6) is 0 Å². The Kier molecular flexibility index (Phi) is 2.79. The number of aliphatic hydroxyl groups is 2. The van der Waals surface area contributed by atoms with Crippen LogP contribution in [-0.4, -0.2) is 22.4 Å². The van der Waals surface area contributed by atoms with E-state index < -0.39 is 0 Å². The van der Waals surface area contributed by atoms with Gasteiger partial charge in [0, 0.05) is 0 Å². The third kappa shape index (κ3) is 2.20. The van der Waals surface area contributed by atoms with Crippen molar-refractivity contribution in [3.05, 3.63) is 0 Å². The molecule has 12 heavy (non-hydrogen) atoms. The van der Waals surface area contributed by atoms with Gasteiger partial charge < -0.3 is 10.2 Å². The summed E-state index contributed by atoms with van der Waals surface area (Å²) in [5.74, 6) is 0.251. The molecule has 2 N–H and O–H groups in total. The summed E-state index contributed by atoms with van der Waals surface area (Å²) in [4.78, 5) is 0. The Morgan fingerprint density at radius 1 is 1.08 bits per heavy atom. The number of aliphatic hydroxyl groups excluding tert-OH is 2. The van der Waals surface area contributed by atoms with Crippen LogP contribution in [0, 0.1) is 11.3 Å². The molecule has 2 heteroatoms. The number of hydrogen-bond acceptors (Lipinski definition) is 2. The molecule has 1 fully saturated rings. The fraction of sp³-hybridized carbons (Fsp3) is 1.00. The molecule has 0 unspecified atom stereocenters. The van der Waals surface area contributed by atoms with Gasteiger partial charge in [-0.2, -0.15) is 0 Å². The second-order valence-electron chi connectivity index (χ2n) is 5.01. The Morgan fingerprint density at radius 3 is 2.08 bits per heavy atom. The monoisotopic (exact) mass is 172 g/mol. The molecule has 1 saturated carbocycles. The highest BCUT2D eigenvalue weighted by molar-refractivity contribution is 4.86. The van der Waals surface area contributed by atoms with Crippen molar-refractivity contribution in [2.24, 2.45) is 11.3 Å². The first-order valence-electron chi connectivity index (χ1n) is 4.77. The molecule has 0 aromatic carbocycles. The van der Waals surface area contributed by atoms with Crippen LogP contribution in [0.25, 0.3) is 0 Å². The Bertz CT molecular complexity index is 148. The Morgan fingerprint density at radius 2 is 1.67 bits per heavy atom. The average molecular weight is 172 g/mol. The van der Waals surface area contributed by atoms with Crippen LogP contribution < -0.4 is 0 Å². The van der Waals surface area contributed by atoms with Crippen LogP contribution in [0.1, 0.15) is 40.0 Å². The molecule has 3 atom stereocenters. The topological polar surface area (TPSA) is 40.5 Å². The lowest BCUT2D eigenvalue weighted by Crippen LogP contribution is -2.39. The molecule has 0 heterocycles. The summed E-state index contributed by atoms with van der Waals surface area (Å²) < 4.78 is 0. The maximum absolute atomic E-state index is 9.71. The molecule has 1 aliphatic rings. The quantitative estimate of drug-likeness (QED) is 0.582. The van der Waals surface area contributed by atoms with Crippen molar-refractivity contribution < 1.29 is 10.2 Å². The van der Waals surface area contributed by atoms with Crippen molar-refractivity contribution in [3.63, 3.8) is 0 Å². The van der Waals surface area contributed by atoms with Gasteiger partial charge in [0.2, 0.25) is 0 Å². The molecule has 0 radical (unpaired) electrons. The highest BCUT2D eigenvalue weighted by Gasteiger charge is 2.35. The summed E-state index contributed by atoms with van der Waals surface area (Å²) in [7, 11) is 0. The van der Waals surface area contributed by atoms with Gasteiger partial charge in [0.1, 0.15) is 0 Å². The van der Waals surface area contributed by atoms with Crippen molar-refractivity contribution in [1.29, 1.82) is 0 Å². The molecule has 0 aromatic rings. The Balaban J connectivity index is 2.61. The maximum Gasteiger partial charge on any atom is 0.0575 e. The van der Waals surface area contributed by atoms with E-state index in [1.807, 2.05) is 0 Å². The van der Waals surface area contributed by atoms with Crippen molar-refractivity contribution in [2.75, 3.05) is 0 Å². The molecule has 0 amide bonds. The van der Waals surface area contributed by atoms with Crippen molar-refractivity contribution in [2.45, 2.75) is 52.2 Å². The van der Waals surface area contributed by atoms with E-state index in [0.29, 0.717) is 0 Å². The molecule has 0 aliphatic heterocycles. The smallest absolute Gasteiger partial charge is 0.0575 e. The average Bonchev–Trinajstić information content (AvgIpc) is 1.92. The molecule has 72 valence electrons. The van der Waals surface area contributed by atoms with E-state index in [9.17, 15) is 10.2 Å². The van der Waals surface area contributed by atoms with Crippen LogP contribution in [0.3, 0.4) is 0 Å². The molecule has 0 bridgehead atoms. The SMILES string of the molecule is CC(C)(C)[C@@H]1C[C@H](O)CC[C@H]1O. The second kappa shape index (κ2) is 3.35.